The van der Waals surface area contributed by atoms with E-state index in [-0.39, 0.29) is 12.0 Å². The van der Waals surface area contributed by atoms with Gasteiger partial charge in [-0.15, -0.1) is 0 Å². The fourth-order valence-electron chi connectivity index (χ4n) is 1.42. The number of halogens is 1. The Morgan fingerprint density at radius 1 is 1.41 bits per heavy atom. The standard InChI is InChI=1S/C13H18ClNO2/c1-10(16)8-9-15-13(17)7-4-11-2-5-12(14)6-3-11/h2-3,5-6,10,16H,4,7-9H2,1H3,(H,15,17). The normalized spacial score (nSPS) is 12.2. The first-order valence-corrected chi connectivity index (χ1v) is 6.15. The molecule has 3 nitrogen and oxygen atoms in total. The van der Waals surface area contributed by atoms with Gasteiger partial charge in [-0.25, -0.2) is 0 Å². The minimum Gasteiger partial charge on any atom is -0.393 e. The molecule has 0 radical (unpaired) electrons. The highest BCUT2D eigenvalue weighted by atomic mass is 35.5. The highest BCUT2D eigenvalue weighted by Crippen LogP contribution is 2.10. The fourth-order valence-corrected chi connectivity index (χ4v) is 1.54. The molecule has 0 heterocycles. The number of carbonyl (C=O) groups excluding carboxylic acids is 1. The lowest BCUT2D eigenvalue weighted by Crippen LogP contribution is -2.26. The summed E-state index contributed by atoms with van der Waals surface area (Å²) in [6.45, 7) is 2.23. The highest BCUT2D eigenvalue weighted by Gasteiger charge is 2.02. The Bertz CT molecular complexity index is 349. The molecule has 17 heavy (non-hydrogen) atoms. The number of benzene rings is 1. The van der Waals surface area contributed by atoms with Gasteiger partial charge in [0.25, 0.3) is 0 Å². The third-order valence-electron chi connectivity index (χ3n) is 2.44. The van der Waals surface area contributed by atoms with Gasteiger partial charge in [-0.3, -0.25) is 4.79 Å². The molecule has 0 saturated heterocycles. The van der Waals surface area contributed by atoms with E-state index < -0.39 is 0 Å². The number of rotatable bonds is 6. The van der Waals surface area contributed by atoms with E-state index in [1.165, 1.54) is 0 Å². The van der Waals surface area contributed by atoms with E-state index in [2.05, 4.69) is 5.32 Å². The lowest BCUT2D eigenvalue weighted by molar-refractivity contribution is -0.121. The van der Waals surface area contributed by atoms with E-state index in [1.54, 1.807) is 6.92 Å². The Morgan fingerprint density at radius 2 is 2.06 bits per heavy atom. The summed E-state index contributed by atoms with van der Waals surface area (Å²) in [6.07, 6.45) is 1.39. The number of aliphatic hydroxyl groups excluding tert-OH is 1. The van der Waals surface area contributed by atoms with Crippen LogP contribution >= 0.6 is 11.6 Å². The van der Waals surface area contributed by atoms with Crippen molar-refractivity contribution in [1.82, 2.24) is 5.32 Å². The van der Waals surface area contributed by atoms with Crippen molar-refractivity contribution in [3.05, 3.63) is 34.9 Å². The summed E-state index contributed by atoms with van der Waals surface area (Å²) in [5.74, 6) is 0.0144. The Morgan fingerprint density at radius 3 is 2.65 bits per heavy atom. The Balaban J connectivity index is 2.21. The van der Waals surface area contributed by atoms with E-state index in [9.17, 15) is 4.79 Å². The molecule has 4 heteroatoms. The zero-order valence-corrected chi connectivity index (χ0v) is 10.7. The molecule has 2 N–H and O–H groups in total. The topological polar surface area (TPSA) is 49.3 Å². The van der Waals surface area contributed by atoms with Gasteiger partial charge in [-0.05, 0) is 37.5 Å². The molecule has 1 unspecified atom stereocenters. The molecule has 0 aromatic heterocycles. The second kappa shape index (κ2) is 7.30. The fraction of sp³-hybridized carbons (Fsp3) is 0.462. The Kier molecular flexibility index (Phi) is 6.01. The van der Waals surface area contributed by atoms with E-state index in [1.807, 2.05) is 24.3 Å². The summed E-state index contributed by atoms with van der Waals surface area (Å²) in [7, 11) is 0. The smallest absolute Gasteiger partial charge is 0.220 e. The molecule has 0 saturated carbocycles. The van der Waals surface area contributed by atoms with E-state index in [0.717, 1.165) is 5.56 Å². The lowest BCUT2D eigenvalue weighted by Gasteiger charge is -2.06. The molecule has 1 rings (SSSR count). The molecule has 0 aliphatic carbocycles. The minimum absolute atomic E-state index is 0.0144. The van der Waals surface area contributed by atoms with Gasteiger partial charge in [-0.1, -0.05) is 23.7 Å². The van der Waals surface area contributed by atoms with Crippen LogP contribution in [-0.2, 0) is 11.2 Å². The summed E-state index contributed by atoms with van der Waals surface area (Å²) >= 11 is 5.77. The third kappa shape index (κ3) is 6.29. The maximum atomic E-state index is 11.4. The van der Waals surface area contributed by atoms with Crippen LogP contribution in [0.25, 0.3) is 0 Å². The first-order chi connectivity index (χ1) is 8.08. The second-order valence-electron chi connectivity index (χ2n) is 4.11. The van der Waals surface area contributed by atoms with E-state index in [4.69, 9.17) is 16.7 Å². The average Bonchev–Trinajstić information content (AvgIpc) is 2.28. The molecule has 0 spiro atoms. The number of hydrogen-bond donors (Lipinski definition) is 2. The summed E-state index contributed by atoms with van der Waals surface area (Å²) in [4.78, 5) is 11.4. The molecule has 0 bridgehead atoms. The van der Waals surface area contributed by atoms with Crippen molar-refractivity contribution in [1.29, 1.82) is 0 Å². The van der Waals surface area contributed by atoms with Crippen molar-refractivity contribution in [2.75, 3.05) is 6.54 Å². The van der Waals surface area contributed by atoms with Crippen molar-refractivity contribution in [3.63, 3.8) is 0 Å². The van der Waals surface area contributed by atoms with Crippen molar-refractivity contribution in [3.8, 4) is 0 Å². The van der Waals surface area contributed by atoms with Gasteiger partial charge in [0.1, 0.15) is 0 Å². The molecule has 94 valence electrons. The number of hydrogen-bond acceptors (Lipinski definition) is 2. The first kappa shape index (κ1) is 14.0. The predicted octanol–water partition coefficient (Wildman–Crippen LogP) is 2.16. The SMILES string of the molecule is CC(O)CCNC(=O)CCc1ccc(Cl)cc1. The van der Waals surface area contributed by atoms with Crippen LogP contribution in [0.2, 0.25) is 5.02 Å². The summed E-state index contributed by atoms with van der Waals surface area (Å²) in [5, 5.41) is 12.5. The predicted molar refractivity (Wildman–Crippen MR) is 69.1 cm³/mol. The largest absolute Gasteiger partial charge is 0.393 e. The van der Waals surface area contributed by atoms with Crippen molar-refractivity contribution < 1.29 is 9.90 Å². The first-order valence-electron chi connectivity index (χ1n) is 5.77. The van der Waals surface area contributed by atoms with Crippen LogP contribution in [0.1, 0.15) is 25.3 Å². The molecule has 0 aliphatic rings. The Labute approximate surface area is 107 Å². The Hall–Kier alpha value is -1.06. The van der Waals surface area contributed by atoms with Gasteiger partial charge >= 0.3 is 0 Å². The van der Waals surface area contributed by atoms with Gasteiger partial charge < -0.3 is 10.4 Å². The van der Waals surface area contributed by atoms with Crippen LogP contribution in [0.3, 0.4) is 0 Å². The zero-order chi connectivity index (χ0) is 12.7. The number of amides is 1. The highest BCUT2D eigenvalue weighted by molar-refractivity contribution is 6.30. The minimum atomic E-state index is -0.369. The van der Waals surface area contributed by atoms with E-state index in [0.29, 0.717) is 30.8 Å². The van der Waals surface area contributed by atoms with Gasteiger partial charge in [0.2, 0.25) is 5.91 Å². The number of aryl methyl sites for hydroxylation is 1. The van der Waals surface area contributed by atoms with Crippen LogP contribution < -0.4 is 5.32 Å². The lowest BCUT2D eigenvalue weighted by atomic mass is 10.1. The molecular formula is C13H18ClNO2. The molecule has 1 atom stereocenters. The number of nitrogens with one attached hydrogen (secondary N) is 1. The van der Waals surface area contributed by atoms with Crippen molar-refractivity contribution in [2.45, 2.75) is 32.3 Å². The molecule has 1 aromatic carbocycles. The second-order valence-corrected chi connectivity index (χ2v) is 4.55. The third-order valence-corrected chi connectivity index (χ3v) is 2.69. The van der Waals surface area contributed by atoms with Gasteiger partial charge in [0, 0.05) is 18.0 Å². The molecule has 0 fully saturated rings. The van der Waals surface area contributed by atoms with Crippen molar-refractivity contribution in [2.24, 2.45) is 0 Å². The van der Waals surface area contributed by atoms with Gasteiger partial charge in [0.05, 0.1) is 6.10 Å². The van der Waals surface area contributed by atoms with Crippen LogP contribution in [-0.4, -0.2) is 23.7 Å². The van der Waals surface area contributed by atoms with Gasteiger partial charge in [-0.2, -0.15) is 0 Å². The maximum Gasteiger partial charge on any atom is 0.220 e. The summed E-state index contributed by atoms with van der Waals surface area (Å²) in [5.41, 5.74) is 1.10. The summed E-state index contributed by atoms with van der Waals surface area (Å²) in [6, 6.07) is 7.49. The zero-order valence-electron chi connectivity index (χ0n) is 9.95. The molecule has 0 aliphatic heterocycles. The van der Waals surface area contributed by atoms with Crippen LogP contribution in [0.4, 0.5) is 0 Å². The molecule has 1 aromatic rings. The molecule has 1 amide bonds. The van der Waals surface area contributed by atoms with E-state index >= 15 is 0 Å². The quantitative estimate of drug-likeness (QED) is 0.819. The monoisotopic (exact) mass is 255 g/mol. The van der Waals surface area contributed by atoms with Gasteiger partial charge in [0.15, 0.2) is 0 Å². The van der Waals surface area contributed by atoms with Crippen LogP contribution in [0.15, 0.2) is 24.3 Å². The number of aliphatic hydroxyl groups is 1. The number of carbonyl (C=O) groups is 1. The molecular weight excluding hydrogens is 238 g/mol. The summed E-state index contributed by atoms with van der Waals surface area (Å²) < 4.78 is 0. The maximum absolute atomic E-state index is 11.4. The van der Waals surface area contributed by atoms with Crippen LogP contribution in [0.5, 0.6) is 0 Å². The average molecular weight is 256 g/mol. The van der Waals surface area contributed by atoms with Crippen LogP contribution in [0, 0.1) is 0 Å². The van der Waals surface area contributed by atoms with Crippen molar-refractivity contribution >= 4 is 17.5 Å².